The van der Waals surface area contributed by atoms with Crippen molar-refractivity contribution in [3.05, 3.63) is 23.8 Å². The molecule has 0 bridgehead atoms. The van der Waals surface area contributed by atoms with Crippen molar-refractivity contribution in [1.82, 2.24) is 0 Å². The zero-order chi connectivity index (χ0) is 13.0. The van der Waals surface area contributed by atoms with Crippen molar-refractivity contribution in [3.63, 3.8) is 0 Å². The van der Waals surface area contributed by atoms with E-state index in [2.05, 4.69) is 6.07 Å². The predicted molar refractivity (Wildman–Crippen MR) is 72.4 cm³/mol. The van der Waals surface area contributed by atoms with Crippen LogP contribution in [0.1, 0.15) is 18.4 Å². The fraction of sp³-hybridized carbons (Fsp3) is 0.500. The summed E-state index contributed by atoms with van der Waals surface area (Å²) in [5, 5.41) is 8.88. The lowest BCUT2D eigenvalue weighted by Crippen LogP contribution is -2.24. The zero-order valence-corrected chi connectivity index (χ0v) is 10.7. The van der Waals surface area contributed by atoms with Gasteiger partial charge in [0.05, 0.1) is 29.6 Å². The van der Waals surface area contributed by atoms with Gasteiger partial charge in [0, 0.05) is 20.2 Å². The number of nitrogens with zero attached hydrogens (tertiary/aromatic N) is 2. The van der Waals surface area contributed by atoms with Crippen LogP contribution in [0.15, 0.2) is 18.2 Å². The van der Waals surface area contributed by atoms with Crippen LogP contribution in [0.25, 0.3) is 0 Å². The van der Waals surface area contributed by atoms with E-state index < -0.39 is 0 Å². The van der Waals surface area contributed by atoms with E-state index in [1.54, 1.807) is 12.1 Å². The number of anilines is 2. The van der Waals surface area contributed by atoms with E-state index in [1.807, 2.05) is 18.0 Å². The van der Waals surface area contributed by atoms with E-state index in [4.69, 9.17) is 15.7 Å². The summed E-state index contributed by atoms with van der Waals surface area (Å²) in [5.41, 5.74) is 8.13. The van der Waals surface area contributed by atoms with Crippen molar-refractivity contribution in [2.45, 2.75) is 12.8 Å². The molecule has 2 rings (SSSR count). The van der Waals surface area contributed by atoms with Gasteiger partial charge in [-0.25, -0.2) is 0 Å². The molecule has 0 aromatic heterocycles. The average molecular weight is 245 g/mol. The molecule has 1 aromatic carbocycles. The van der Waals surface area contributed by atoms with Crippen molar-refractivity contribution < 1.29 is 4.74 Å². The number of nitrogens with two attached hydrogens (primary N) is 1. The van der Waals surface area contributed by atoms with Crippen LogP contribution < -0.4 is 10.6 Å². The molecule has 0 atom stereocenters. The van der Waals surface area contributed by atoms with E-state index in [-0.39, 0.29) is 0 Å². The highest BCUT2D eigenvalue weighted by atomic mass is 16.5. The van der Waals surface area contributed by atoms with Gasteiger partial charge in [0.25, 0.3) is 0 Å². The molecule has 1 aliphatic carbocycles. The second-order valence-electron chi connectivity index (χ2n) is 4.83. The molecule has 18 heavy (non-hydrogen) atoms. The summed E-state index contributed by atoms with van der Waals surface area (Å²) in [5.74, 6) is 0.794. The Balaban J connectivity index is 1.86. The van der Waals surface area contributed by atoms with Gasteiger partial charge < -0.3 is 15.4 Å². The van der Waals surface area contributed by atoms with Gasteiger partial charge in [-0.1, -0.05) is 0 Å². The van der Waals surface area contributed by atoms with Crippen LogP contribution in [-0.4, -0.2) is 26.8 Å². The minimum absolute atomic E-state index is 0.630. The van der Waals surface area contributed by atoms with Crippen LogP contribution in [0.3, 0.4) is 0 Å². The molecule has 0 amide bonds. The fourth-order valence-corrected chi connectivity index (χ4v) is 1.80. The maximum absolute atomic E-state index is 8.88. The summed E-state index contributed by atoms with van der Waals surface area (Å²) in [4.78, 5) is 2.03. The van der Waals surface area contributed by atoms with Crippen LogP contribution in [0.5, 0.6) is 0 Å². The molecule has 0 saturated heterocycles. The van der Waals surface area contributed by atoms with Gasteiger partial charge in [0.2, 0.25) is 0 Å². The lowest BCUT2D eigenvalue weighted by Gasteiger charge is -2.21. The van der Waals surface area contributed by atoms with Crippen molar-refractivity contribution in [1.29, 1.82) is 5.26 Å². The van der Waals surface area contributed by atoms with E-state index in [0.717, 1.165) is 24.8 Å². The summed E-state index contributed by atoms with van der Waals surface area (Å²) in [6.07, 6.45) is 2.63. The Bertz CT molecular complexity index is 449. The Labute approximate surface area is 108 Å². The standard InChI is InChI=1S/C14H19N3O/c1-17(6-7-18-10-11-2-3-11)14-8-12(9-15)4-5-13(14)16/h4-5,8,11H,2-3,6-7,10,16H2,1H3. The fourth-order valence-electron chi connectivity index (χ4n) is 1.80. The molecule has 1 saturated carbocycles. The number of hydrogen-bond acceptors (Lipinski definition) is 4. The Hall–Kier alpha value is -1.73. The Kier molecular flexibility index (Phi) is 4.06. The van der Waals surface area contributed by atoms with E-state index in [0.29, 0.717) is 17.9 Å². The second-order valence-corrected chi connectivity index (χ2v) is 4.83. The van der Waals surface area contributed by atoms with Crippen LogP contribution in [0.4, 0.5) is 11.4 Å². The molecule has 0 radical (unpaired) electrons. The lowest BCUT2D eigenvalue weighted by molar-refractivity contribution is 0.131. The molecular formula is C14H19N3O. The minimum atomic E-state index is 0.630. The number of nitriles is 1. The van der Waals surface area contributed by atoms with Gasteiger partial charge in [-0.3, -0.25) is 0 Å². The maximum atomic E-state index is 8.88. The molecule has 0 heterocycles. The quantitative estimate of drug-likeness (QED) is 0.615. The minimum Gasteiger partial charge on any atom is -0.397 e. The van der Waals surface area contributed by atoms with Crippen molar-refractivity contribution in [2.75, 3.05) is 37.4 Å². The van der Waals surface area contributed by atoms with Gasteiger partial charge in [0.1, 0.15) is 0 Å². The third kappa shape index (κ3) is 3.38. The van der Waals surface area contributed by atoms with Gasteiger partial charge in [-0.05, 0) is 37.0 Å². The van der Waals surface area contributed by atoms with Crippen molar-refractivity contribution in [2.24, 2.45) is 5.92 Å². The topological polar surface area (TPSA) is 62.3 Å². The van der Waals surface area contributed by atoms with Crippen molar-refractivity contribution >= 4 is 11.4 Å². The summed E-state index contributed by atoms with van der Waals surface area (Å²) in [7, 11) is 1.97. The summed E-state index contributed by atoms with van der Waals surface area (Å²) >= 11 is 0. The molecule has 96 valence electrons. The van der Waals surface area contributed by atoms with Crippen LogP contribution >= 0.6 is 0 Å². The number of nitrogen functional groups attached to an aromatic ring is 1. The number of rotatable bonds is 6. The number of ether oxygens (including phenoxy) is 1. The first-order valence-electron chi connectivity index (χ1n) is 6.29. The first-order chi connectivity index (χ1) is 8.70. The zero-order valence-electron chi connectivity index (χ0n) is 10.7. The van der Waals surface area contributed by atoms with E-state index in [1.165, 1.54) is 12.8 Å². The maximum Gasteiger partial charge on any atom is 0.0992 e. The SMILES string of the molecule is CN(CCOCC1CC1)c1cc(C#N)ccc1N. The average Bonchev–Trinajstić information content (AvgIpc) is 3.19. The number of hydrogen-bond donors (Lipinski definition) is 1. The second kappa shape index (κ2) is 5.74. The number of benzene rings is 1. The molecule has 1 fully saturated rings. The summed E-state index contributed by atoms with van der Waals surface area (Å²) in [6.45, 7) is 2.36. The molecule has 4 heteroatoms. The Morgan fingerprint density at radius 1 is 1.50 bits per heavy atom. The highest BCUT2D eigenvalue weighted by Gasteiger charge is 2.21. The summed E-state index contributed by atoms with van der Waals surface area (Å²) < 4.78 is 5.60. The van der Waals surface area contributed by atoms with Gasteiger partial charge >= 0.3 is 0 Å². The molecule has 0 aliphatic heterocycles. The number of likely N-dealkylation sites (N-methyl/N-ethyl adjacent to an activating group) is 1. The van der Waals surface area contributed by atoms with Crippen LogP contribution in [0.2, 0.25) is 0 Å². The first kappa shape index (κ1) is 12.7. The Morgan fingerprint density at radius 2 is 2.28 bits per heavy atom. The van der Waals surface area contributed by atoms with Gasteiger partial charge in [-0.15, -0.1) is 0 Å². The molecule has 4 nitrogen and oxygen atoms in total. The monoisotopic (exact) mass is 245 g/mol. The highest BCUT2D eigenvalue weighted by molar-refractivity contribution is 5.69. The predicted octanol–water partition coefficient (Wildman–Crippen LogP) is 2.00. The lowest BCUT2D eigenvalue weighted by atomic mass is 10.2. The van der Waals surface area contributed by atoms with Crippen molar-refractivity contribution in [3.8, 4) is 6.07 Å². The summed E-state index contributed by atoms with van der Waals surface area (Å²) in [6, 6.07) is 7.45. The van der Waals surface area contributed by atoms with Gasteiger partial charge in [-0.2, -0.15) is 5.26 Å². The van der Waals surface area contributed by atoms with Crippen LogP contribution in [-0.2, 0) is 4.74 Å². The van der Waals surface area contributed by atoms with Gasteiger partial charge in [0.15, 0.2) is 0 Å². The smallest absolute Gasteiger partial charge is 0.0992 e. The Morgan fingerprint density at radius 3 is 2.94 bits per heavy atom. The molecule has 0 spiro atoms. The molecule has 2 N–H and O–H groups in total. The highest BCUT2D eigenvalue weighted by Crippen LogP contribution is 2.28. The van der Waals surface area contributed by atoms with E-state index in [9.17, 15) is 0 Å². The largest absolute Gasteiger partial charge is 0.397 e. The first-order valence-corrected chi connectivity index (χ1v) is 6.29. The third-order valence-electron chi connectivity index (χ3n) is 3.19. The molecular weight excluding hydrogens is 226 g/mol. The normalized spacial score (nSPS) is 14.2. The van der Waals surface area contributed by atoms with Crippen LogP contribution in [0, 0.1) is 17.2 Å². The molecule has 1 aliphatic rings. The third-order valence-corrected chi connectivity index (χ3v) is 3.19. The molecule has 0 unspecified atom stereocenters. The molecule has 1 aromatic rings. The van der Waals surface area contributed by atoms with E-state index >= 15 is 0 Å².